The van der Waals surface area contributed by atoms with Crippen LogP contribution >= 0.6 is 11.8 Å². The van der Waals surface area contributed by atoms with Crippen LogP contribution in [0.1, 0.15) is 60.1 Å². The van der Waals surface area contributed by atoms with Crippen molar-refractivity contribution in [3.63, 3.8) is 0 Å². The van der Waals surface area contributed by atoms with Crippen LogP contribution in [0.2, 0.25) is 0 Å². The molecule has 172 valence electrons. The summed E-state index contributed by atoms with van der Waals surface area (Å²) < 4.78 is 26.8. The second-order valence-corrected chi connectivity index (χ2v) is 10.3. The van der Waals surface area contributed by atoms with Gasteiger partial charge in [0.25, 0.3) is 5.92 Å². The van der Waals surface area contributed by atoms with Crippen LogP contribution in [0, 0.1) is 6.92 Å². The van der Waals surface area contributed by atoms with E-state index in [0.29, 0.717) is 5.69 Å². The van der Waals surface area contributed by atoms with Gasteiger partial charge in [-0.2, -0.15) is 0 Å². The highest BCUT2D eigenvalue weighted by molar-refractivity contribution is 7.98. The molecule has 33 heavy (non-hydrogen) atoms. The van der Waals surface area contributed by atoms with Crippen molar-refractivity contribution < 1.29 is 8.78 Å². The molecule has 0 bridgehead atoms. The summed E-state index contributed by atoms with van der Waals surface area (Å²) in [6, 6.07) is 13.8. The Hall–Kier alpha value is -2.46. The van der Waals surface area contributed by atoms with Crippen molar-refractivity contribution in [2.45, 2.75) is 69.4 Å². The van der Waals surface area contributed by atoms with Gasteiger partial charge in [0.2, 0.25) is 0 Å². The maximum Gasteiger partial charge on any atom is 0.272 e. The number of halogens is 2. The number of aryl methyl sites for hydroxylation is 1. The van der Waals surface area contributed by atoms with Crippen molar-refractivity contribution in [2.75, 3.05) is 0 Å². The van der Waals surface area contributed by atoms with E-state index in [-0.39, 0.29) is 5.56 Å². The van der Waals surface area contributed by atoms with Gasteiger partial charge in [0.15, 0.2) is 0 Å². The highest BCUT2D eigenvalue weighted by atomic mass is 32.2. The molecule has 1 aliphatic rings. The van der Waals surface area contributed by atoms with Crippen LogP contribution in [-0.4, -0.2) is 4.98 Å². The number of benzene rings is 2. The zero-order valence-electron chi connectivity index (χ0n) is 19.7. The molecule has 0 fully saturated rings. The van der Waals surface area contributed by atoms with Crippen LogP contribution in [0.5, 0.6) is 0 Å². The van der Waals surface area contributed by atoms with E-state index in [2.05, 4.69) is 43.6 Å². The molecule has 1 nitrogen and oxygen atoms in total. The van der Waals surface area contributed by atoms with Crippen LogP contribution in [-0.2, 0) is 30.9 Å². The molecule has 1 heterocycles. The van der Waals surface area contributed by atoms with E-state index < -0.39 is 5.92 Å². The zero-order valence-corrected chi connectivity index (χ0v) is 20.5. The number of rotatable bonds is 8. The minimum absolute atomic E-state index is 0.0623. The lowest BCUT2D eigenvalue weighted by atomic mass is 9.93. The molecule has 0 atom stereocenters. The summed E-state index contributed by atoms with van der Waals surface area (Å²) in [5.74, 6) is -1.96. The molecule has 2 aromatic carbocycles. The lowest BCUT2D eigenvalue weighted by Gasteiger charge is -2.17. The molecule has 0 amide bonds. The number of aromatic nitrogens is 1. The molecule has 3 aromatic rings. The fourth-order valence-corrected chi connectivity index (χ4v) is 5.70. The number of hydrogen-bond donors (Lipinski definition) is 0. The molecule has 0 saturated carbocycles. The van der Waals surface area contributed by atoms with Gasteiger partial charge in [0.05, 0.1) is 5.69 Å². The van der Waals surface area contributed by atoms with Gasteiger partial charge in [-0.1, -0.05) is 29.8 Å². The molecule has 1 aromatic heterocycles. The van der Waals surface area contributed by atoms with E-state index in [1.54, 1.807) is 22.8 Å². The van der Waals surface area contributed by atoms with Crippen LogP contribution < -0.4 is 0 Å². The second kappa shape index (κ2) is 9.80. The van der Waals surface area contributed by atoms with Gasteiger partial charge >= 0.3 is 0 Å². The Bertz CT molecular complexity index is 1140. The maximum atomic E-state index is 13.4. The summed E-state index contributed by atoms with van der Waals surface area (Å²) in [4.78, 5) is 5.65. The minimum Gasteiger partial charge on any atom is -0.256 e. The van der Waals surface area contributed by atoms with Crippen molar-refractivity contribution >= 4 is 11.8 Å². The Morgan fingerprint density at radius 3 is 2.45 bits per heavy atom. The normalized spacial score (nSPS) is 13.2. The van der Waals surface area contributed by atoms with Crippen LogP contribution in [0.15, 0.2) is 65.7 Å². The third-order valence-corrected chi connectivity index (χ3v) is 7.57. The first-order chi connectivity index (χ1) is 15.7. The number of nitrogens with zero attached hydrogens (tertiary/aromatic N) is 1. The Morgan fingerprint density at radius 2 is 1.82 bits per heavy atom. The van der Waals surface area contributed by atoms with E-state index in [4.69, 9.17) is 0 Å². The molecule has 4 rings (SSSR count). The molecular weight excluding hydrogens is 432 g/mol. The average molecular weight is 464 g/mol. The van der Waals surface area contributed by atoms with Crippen molar-refractivity contribution in [2.24, 2.45) is 0 Å². The third-order valence-electron chi connectivity index (χ3n) is 6.42. The van der Waals surface area contributed by atoms with E-state index in [1.165, 1.54) is 53.1 Å². The number of allylic oxidation sites excluding steroid dienone is 1. The number of pyridine rings is 1. The molecule has 0 spiro atoms. The topological polar surface area (TPSA) is 12.9 Å². The number of fused-ring (bicyclic) bond motifs is 1. The van der Waals surface area contributed by atoms with Crippen molar-refractivity contribution in [3.05, 3.63) is 94.2 Å². The summed E-state index contributed by atoms with van der Waals surface area (Å²) >= 11 is 1.92. The van der Waals surface area contributed by atoms with Crippen LogP contribution in [0.25, 0.3) is 11.3 Å². The summed E-state index contributed by atoms with van der Waals surface area (Å²) in [5, 5.41) is 0. The van der Waals surface area contributed by atoms with Crippen LogP contribution in [0.4, 0.5) is 8.78 Å². The monoisotopic (exact) mass is 463 g/mol. The Kier molecular flexibility index (Phi) is 7.04. The van der Waals surface area contributed by atoms with Gasteiger partial charge in [-0.15, -0.1) is 18.3 Å². The standard InChI is InChI=1S/C29H31F2NS/c1-19(2)8-14-24-20(3)16-28(26-7-5-6-25(24)26)33-18-21-9-11-22(12-10-21)27-15-13-23(17-32-27)29(4,30)31/h9-13,15-17H,1,5-8,14,18H2,2-4H3. The Balaban J connectivity index is 1.46. The molecule has 0 radical (unpaired) electrons. The Morgan fingerprint density at radius 1 is 1.09 bits per heavy atom. The predicted octanol–water partition coefficient (Wildman–Crippen LogP) is 8.46. The number of alkyl halides is 2. The highest BCUT2D eigenvalue weighted by Gasteiger charge is 2.24. The van der Waals surface area contributed by atoms with Crippen molar-refractivity contribution in [3.8, 4) is 11.3 Å². The number of hydrogen-bond acceptors (Lipinski definition) is 2. The summed E-state index contributed by atoms with van der Waals surface area (Å²) in [5.41, 5.74) is 10.2. The molecule has 0 saturated heterocycles. The van der Waals surface area contributed by atoms with Gasteiger partial charge < -0.3 is 0 Å². The van der Waals surface area contributed by atoms with Gasteiger partial charge in [0.1, 0.15) is 0 Å². The quantitative estimate of drug-likeness (QED) is 0.245. The average Bonchev–Trinajstić information content (AvgIpc) is 3.27. The van der Waals surface area contributed by atoms with Gasteiger partial charge in [-0.25, -0.2) is 8.78 Å². The summed E-state index contributed by atoms with van der Waals surface area (Å²) in [7, 11) is 0. The number of thioether (sulfide) groups is 1. The van der Waals surface area contributed by atoms with Crippen molar-refractivity contribution in [1.29, 1.82) is 0 Å². The fraction of sp³-hybridized carbons (Fsp3) is 0.345. The highest BCUT2D eigenvalue weighted by Crippen LogP contribution is 2.38. The van der Waals surface area contributed by atoms with Gasteiger partial charge in [-0.05, 0) is 92.0 Å². The molecular formula is C29H31F2NS. The van der Waals surface area contributed by atoms with Crippen molar-refractivity contribution in [1.82, 2.24) is 4.98 Å². The van der Waals surface area contributed by atoms with E-state index >= 15 is 0 Å². The maximum absolute atomic E-state index is 13.4. The molecule has 0 unspecified atom stereocenters. The summed E-state index contributed by atoms with van der Waals surface area (Å²) in [6.45, 7) is 9.33. The third kappa shape index (κ3) is 5.55. The SMILES string of the molecule is C=C(C)CCc1c(C)cc(SCc2ccc(-c3ccc(C(C)(F)F)cn3)cc2)c2c1CCC2. The van der Waals surface area contributed by atoms with Gasteiger partial charge in [-0.3, -0.25) is 4.98 Å². The van der Waals surface area contributed by atoms with E-state index in [1.807, 2.05) is 23.9 Å². The predicted molar refractivity (Wildman–Crippen MR) is 135 cm³/mol. The smallest absolute Gasteiger partial charge is 0.256 e. The minimum atomic E-state index is -2.87. The molecule has 1 aliphatic carbocycles. The first kappa shape index (κ1) is 23.7. The Labute approximate surface area is 200 Å². The van der Waals surface area contributed by atoms with E-state index in [9.17, 15) is 8.78 Å². The fourth-order valence-electron chi connectivity index (χ4n) is 4.53. The van der Waals surface area contributed by atoms with Crippen LogP contribution in [0.3, 0.4) is 0 Å². The lowest BCUT2D eigenvalue weighted by molar-refractivity contribution is 0.0171. The first-order valence-corrected chi connectivity index (χ1v) is 12.6. The van der Waals surface area contributed by atoms with Gasteiger partial charge in [0, 0.05) is 34.9 Å². The molecule has 4 heteroatoms. The lowest BCUT2D eigenvalue weighted by Crippen LogP contribution is -2.07. The largest absolute Gasteiger partial charge is 0.272 e. The molecule has 0 aliphatic heterocycles. The zero-order chi connectivity index (χ0) is 23.6. The van der Waals surface area contributed by atoms with E-state index in [0.717, 1.165) is 31.1 Å². The summed E-state index contributed by atoms with van der Waals surface area (Å²) in [6.07, 6.45) is 7.04. The second-order valence-electron chi connectivity index (χ2n) is 9.24. The first-order valence-electron chi connectivity index (χ1n) is 11.6. The molecule has 0 N–H and O–H groups in total.